The predicted molar refractivity (Wildman–Crippen MR) is 353 cm³/mol. The molecule has 0 bridgehead atoms. The van der Waals surface area contributed by atoms with Crippen molar-refractivity contribution in [3.05, 3.63) is 122 Å². The summed E-state index contributed by atoms with van der Waals surface area (Å²) >= 11 is 0. The summed E-state index contributed by atoms with van der Waals surface area (Å²) in [4.78, 5) is 38.4. The van der Waals surface area contributed by atoms with Crippen LogP contribution < -0.4 is 0 Å². The van der Waals surface area contributed by atoms with Gasteiger partial charge in [-0.05, 0) is 116 Å². The highest BCUT2D eigenvalue weighted by Crippen LogP contribution is 2.16. The lowest BCUT2D eigenvalue weighted by atomic mass is 10.0. The maximum atomic E-state index is 12.9. The van der Waals surface area contributed by atoms with Crippen LogP contribution in [0.5, 0.6) is 0 Å². The Bertz CT molecular complexity index is 1670. The summed E-state index contributed by atoms with van der Waals surface area (Å²) in [6, 6.07) is 0. The van der Waals surface area contributed by atoms with Crippen molar-refractivity contribution in [1.29, 1.82) is 0 Å². The third-order valence-electron chi connectivity index (χ3n) is 14.5. The number of rotatable bonds is 61. The van der Waals surface area contributed by atoms with Crippen LogP contribution in [0.1, 0.15) is 316 Å². The van der Waals surface area contributed by atoms with Crippen molar-refractivity contribution in [2.75, 3.05) is 13.2 Å². The van der Waals surface area contributed by atoms with Gasteiger partial charge in [0.05, 0.1) is 0 Å². The minimum absolute atomic E-state index is 0.0871. The van der Waals surface area contributed by atoms with Crippen LogP contribution in [-0.2, 0) is 28.6 Å². The van der Waals surface area contributed by atoms with E-state index in [9.17, 15) is 14.4 Å². The van der Waals surface area contributed by atoms with Gasteiger partial charge in [-0.25, -0.2) is 0 Å². The van der Waals surface area contributed by atoms with Crippen LogP contribution in [0.2, 0.25) is 0 Å². The van der Waals surface area contributed by atoms with E-state index in [1.165, 1.54) is 135 Å². The number of unbranched alkanes of at least 4 members (excludes halogenated alkanes) is 30. The Hall–Kier alpha value is -4.19. The average molecular weight is 1120 g/mol. The molecule has 0 aromatic heterocycles. The average Bonchev–Trinajstić information content (AvgIpc) is 3.46. The molecule has 0 saturated carbocycles. The normalized spacial score (nSPS) is 12.9. The zero-order valence-corrected chi connectivity index (χ0v) is 53.0. The number of hydrogen-bond acceptors (Lipinski definition) is 6. The van der Waals surface area contributed by atoms with Gasteiger partial charge in [0.2, 0.25) is 0 Å². The minimum Gasteiger partial charge on any atom is -0.462 e. The summed E-state index contributed by atoms with van der Waals surface area (Å²) in [6.45, 7) is 6.52. The van der Waals surface area contributed by atoms with E-state index in [0.29, 0.717) is 19.3 Å². The molecule has 0 N–H and O–H groups in total. The van der Waals surface area contributed by atoms with E-state index < -0.39 is 6.10 Å². The van der Waals surface area contributed by atoms with Gasteiger partial charge in [-0.1, -0.05) is 303 Å². The lowest BCUT2D eigenvalue weighted by Gasteiger charge is -2.18. The van der Waals surface area contributed by atoms with E-state index in [2.05, 4.69) is 142 Å². The number of carbonyl (C=O) groups excluding carboxylic acids is 3. The van der Waals surface area contributed by atoms with E-state index in [-0.39, 0.29) is 31.1 Å². The quantitative estimate of drug-likeness (QED) is 0.0261. The molecule has 0 amide bonds. The second-order valence-electron chi connectivity index (χ2n) is 22.4. The van der Waals surface area contributed by atoms with Crippen LogP contribution in [0.3, 0.4) is 0 Å². The SMILES string of the molecule is CC/C=C\C/C=C\C/C=C\C/C=C\C/C=C\C/C=C\C/C=C\CCCCCCCC(=O)OCC(COC(=O)CCCCCCCCCCCCCCC)OC(=O)CCCCCCCCCC/C=C\C/C=C\C/C=C\CCCCCCC. The monoisotopic (exact) mass is 1120 g/mol. The topological polar surface area (TPSA) is 78.9 Å². The van der Waals surface area contributed by atoms with Gasteiger partial charge in [-0.15, -0.1) is 0 Å². The molecule has 0 aromatic rings. The molecule has 6 heteroatoms. The van der Waals surface area contributed by atoms with Crippen molar-refractivity contribution < 1.29 is 28.6 Å². The second kappa shape index (κ2) is 68.3. The third-order valence-corrected chi connectivity index (χ3v) is 14.5. The van der Waals surface area contributed by atoms with E-state index in [4.69, 9.17) is 14.2 Å². The molecule has 0 rings (SSSR count). The van der Waals surface area contributed by atoms with Crippen LogP contribution in [0.25, 0.3) is 0 Å². The zero-order valence-electron chi connectivity index (χ0n) is 53.0. The Morgan fingerprint density at radius 2 is 0.481 bits per heavy atom. The van der Waals surface area contributed by atoms with Crippen LogP contribution in [0.15, 0.2) is 122 Å². The standard InChI is InChI=1S/C75H126O6/c1-4-7-10-13-16-19-22-25-27-29-31-33-35-36-37-38-40-41-43-45-47-50-53-56-59-62-65-68-74(77)80-71-72(70-79-73(76)67-64-61-58-55-52-49-24-21-18-15-12-9-6-3)81-75(78)69-66-63-60-57-54-51-48-46-44-42-39-34-32-30-28-26-23-20-17-14-11-8-5-2/h7,10,16,19,23,25-27,30-33,36-37,39-42,45,47,72H,4-6,8-9,11-15,17-18,20-22,24,28-29,34-35,38,43-44,46,48-71H2,1-3H3/b10-7-,19-16-,26-23-,27-25-,32-30-,33-31-,37-36-,41-40-,42-39-,47-45-. The van der Waals surface area contributed by atoms with Crippen molar-refractivity contribution in [1.82, 2.24) is 0 Å². The number of hydrogen-bond donors (Lipinski definition) is 0. The summed E-state index contributed by atoms with van der Waals surface area (Å²) in [6.07, 6.45) is 94.9. The smallest absolute Gasteiger partial charge is 0.306 e. The van der Waals surface area contributed by atoms with Crippen molar-refractivity contribution in [3.8, 4) is 0 Å². The molecule has 6 nitrogen and oxygen atoms in total. The number of allylic oxidation sites excluding steroid dienone is 20. The molecule has 0 saturated heterocycles. The number of ether oxygens (including phenoxy) is 3. The first-order valence-electron chi connectivity index (χ1n) is 34.0. The Morgan fingerprint density at radius 1 is 0.259 bits per heavy atom. The van der Waals surface area contributed by atoms with E-state index >= 15 is 0 Å². The van der Waals surface area contributed by atoms with Crippen LogP contribution >= 0.6 is 0 Å². The summed E-state index contributed by atoms with van der Waals surface area (Å²) in [7, 11) is 0. The first-order valence-corrected chi connectivity index (χ1v) is 34.0. The molecule has 1 unspecified atom stereocenters. The van der Waals surface area contributed by atoms with Crippen molar-refractivity contribution in [2.24, 2.45) is 0 Å². The molecule has 0 fully saturated rings. The van der Waals surface area contributed by atoms with Gasteiger partial charge in [-0.3, -0.25) is 14.4 Å². The Kier molecular flexibility index (Phi) is 64.8. The van der Waals surface area contributed by atoms with E-state index in [1.54, 1.807) is 0 Å². The Morgan fingerprint density at radius 3 is 0.753 bits per heavy atom. The van der Waals surface area contributed by atoms with Crippen molar-refractivity contribution in [3.63, 3.8) is 0 Å². The van der Waals surface area contributed by atoms with Gasteiger partial charge in [0, 0.05) is 19.3 Å². The first-order chi connectivity index (χ1) is 40.0. The van der Waals surface area contributed by atoms with Crippen molar-refractivity contribution >= 4 is 17.9 Å². The van der Waals surface area contributed by atoms with Gasteiger partial charge < -0.3 is 14.2 Å². The molecule has 0 aromatic carbocycles. The first kappa shape index (κ1) is 76.8. The summed E-state index contributed by atoms with van der Waals surface area (Å²) in [5.41, 5.74) is 0. The fourth-order valence-electron chi connectivity index (χ4n) is 9.37. The summed E-state index contributed by atoms with van der Waals surface area (Å²) < 4.78 is 16.9. The zero-order chi connectivity index (χ0) is 58.5. The summed E-state index contributed by atoms with van der Waals surface area (Å²) in [5.74, 6) is -0.906. The molecular weight excluding hydrogens is 997 g/mol. The van der Waals surface area contributed by atoms with Crippen molar-refractivity contribution in [2.45, 2.75) is 322 Å². The maximum absolute atomic E-state index is 12.9. The Labute approximate surface area is 501 Å². The molecule has 0 heterocycles. The lowest BCUT2D eigenvalue weighted by Crippen LogP contribution is -2.30. The molecule has 0 aliphatic carbocycles. The maximum Gasteiger partial charge on any atom is 0.306 e. The predicted octanol–water partition coefficient (Wildman–Crippen LogP) is 23.6. The van der Waals surface area contributed by atoms with Crippen LogP contribution in [0.4, 0.5) is 0 Å². The molecule has 0 spiro atoms. The number of carbonyl (C=O) groups is 3. The minimum atomic E-state index is -0.794. The second-order valence-corrected chi connectivity index (χ2v) is 22.4. The molecular formula is C75H126O6. The molecule has 462 valence electrons. The summed E-state index contributed by atoms with van der Waals surface area (Å²) in [5, 5.41) is 0. The third kappa shape index (κ3) is 66.5. The van der Waals surface area contributed by atoms with E-state index in [0.717, 1.165) is 141 Å². The lowest BCUT2D eigenvalue weighted by molar-refractivity contribution is -0.167. The Balaban J connectivity index is 4.39. The van der Waals surface area contributed by atoms with E-state index in [1.807, 2.05) is 0 Å². The van der Waals surface area contributed by atoms with Gasteiger partial charge >= 0.3 is 17.9 Å². The van der Waals surface area contributed by atoms with Gasteiger partial charge in [-0.2, -0.15) is 0 Å². The fraction of sp³-hybridized carbons (Fsp3) is 0.693. The highest BCUT2D eigenvalue weighted by atomic mass is 16.6. The van der Waals surface area contributed by atoms with Gasteiger partial charge in [0.15, 0.2) is 6.10 Å². The largest absolute Gasteiger partial charge is 0.462 e. The highest BCUT2D eigenvalue weighted by molar-refractivity contribution is 5.71. The fourth-order valence-corrected chi connectivity index (χ4v) is 9.37. The molecule has 0 aliphatic heterocycles. The molecule has 0 radical (unpaired) electrons. The van der Waals surface area contributed by atoms with Gasteiger partial charge in [0.1, 0.15) is 13.2 Å². The molecule has 0 aliphatic rings. The highest BCUT2D eigenvalue weighted by Gasteiger charge is 2.19. The van der Waals surface area contributed by atoms with Crippen LogP contribution in [-0.4, -0.2) is 37.2 Å². The molecule has 81 heavy (non-hydrogen) atoms. The van der Waals surface area contributed by atoms with Gasteiger partial charge in [0.25, 0.3) is 0 Å². The number of esters is 3. The molecule has 1 atom stereocenters. The van der Waals surface area contributed by atoms with Crippen LogP contribution in [0, 0.1) is 0 Å².